The Kier molecular flexibility index (Phi) is 6.89. The molecule has 1 aliphatic heterocycles. The molecule has 13 heteroatoms. The highest BCUT2D eigenvalue weighted by Gasteiger charge is 2.27. The smallest absolute Gasteiger partial charge is 0.293 e. The minimum Gasteiger partial charge on any atom is -0.493 e. The number of benzene rings is 2. The van der Waals surface area contributed by atoms with Gasteiger partial charge in [-0.1, -0.05) is 23.4 Å². The van der Waals surface area contributed by atoms with E-state index in [0.29, 0.717) is 29.4 Å². The number of hydrogen-bond acceptors (Lipinski definition) is 11. The molecule has 0 saturated heterocycles. The van der Waals surface area contributed by atoms with Gasteiger partial charge in [-0.25, -0.2) is 10.1 Å². The number of ether oxygens (including phenoxy) is 2. The van der Waals surface area contributed by atoms with E-state index in [9.17, 15) is 4.79 Å². The molecule has 1 amide bonds. The van der Waals surface area contributed by atoms with Crippen LogP contribution in [0.2, 0.25) is 0 Å². The molecular weight excluding hydrogens is 490 g/mol. The van der Waals surface area contributed by atoms with Crippen LogP contribution in [0.3, 0.4) is 0 Å². The van der Waals surface area contributed by atoms with Crippen LogP contribution >= 0.6 is 0 Å². The summed E-state index contributed by atoms with van der Waals surface area (Å²) in [6.07, 6.45) is 1.96. The maximum absolute atomic E-state index is 13.3. The first-order valence-corrected chi connectivity index (χ1v) is 11.9. The molecule has 5 rings (SSSR count). The third-order valence-corrected chi connectivity index (χ3v) is 6.35. The van der Waals surface area contributed by atoms with Crippen molar-refractivity contribution in [3.05, 3.63) is 65.0 Å². The third kappa shape index (κ3) is 4.73. The van der Waals surface area contributed by atoms with Crippen LogP contribution in [0.1, 0.15) is 40.7 Å². The van der Waals surface area contributed by atoms with Crippen LogP contribution in [-0.4, -0.2) is 57.7 Å². The molecule has 13 nitrogen and oxygen atoms in total. The van der Waals surface area contributed by atoms with Crippen molar-refractivity contribution < 1.29 is 18.9 Å². The number of fused-ring (bicyclic) bond motifs is 1. The number of nitrogens with one attached hydrogen (secondary N) is 1. The SMILES string of the molecule is COc1ccc(/C(C)=N\NC(=O)c2nnn(-c3nonc3N)c2CN2CCCc3ccccc32)cc1OC. The molecule has 196 valence electrons. The molecule has 3 heterocycles. The second-order valence-electron chi connectivity index (χ2n) is 8.63. The van der Waals surface area contributed by atoms with Gasteiger partial charge in [0.05, 0.1) is 32.2 Å². The van der Waals surface area contributed by atoms with Gasteiger partial charge in [-0.15, -0.1) is 5.10 Å². The minimum atomic E-state index is -0.536. The molecule has 38 heavy (non-hydrogen) atoms. The second kappa shape index (κ2) is 10.6. The molecule has 0 bridgehead atoms. The summed E-state index contributed by atoms with van der Waals surface area (Å²) in [5.41, 5.74) is 12.7. The summed E-state index contributed by atoms with van der Waals surface area (Å²) < 4.78 is 16.8. The molecule has 0 radical (unpaired) electrons. The summed E-state index contributed by atoms with van der Waals surface area (Å²) in [5, 5.41) is 20.0. The predicted octanol–water partition coefficient (Wildman–Crippen LogP) is 2.36. The lowest BCUT2D eigenvalue weighted by atomic mass is 10.0. The average Bonchev–Trinajstić information content (AvgIpc) is 3.56. The van der Waals surface area contributed by atoms with Gasteiger partial charge in [0.25, 0.3) is 5.91 Å². The van der Waals surface area contributed by atoms with Crippen LogP contribution in [-0.2, 0) is 13.0 Å². The van der Waals surface area contributed by atoms with Gasteiger partial charge >= 0.3 is 0 Å². The first kappa shape index (κ1) is 24.7. The number of hydrogen-bond donors (Lipinski definition) is 2. The van der Waals surface area contributed by atoms with Crippen LogP contribution in [0.25, 0.3) is 5.82 Å². The van der Waals surface area contributed by atoms with Crippen LogP contribution in [0, 0.1) is 0 Å². The maximum Gasteiger partial charge on any atom is 0.293 e. The molecule has 2 aromatic heterocycles. The number of aryl methyl sites for hydroxylation is 1. The molecule has 4 aromatic rings. The summed E-state index contributed by atoms with van der Waals surface area (Å²) in [6, 6.07) is 13.5. The predicted molar refractivity (Wildman–Crippen MR) is 139 cm³/mol. The summed E-state index contributed by atoms with van der Waals surface area (Å²) in [7, 11) is 3.12. The number of anilines is 2. The van der Waals surface area contributed by atoms with Gasteiger partial charge in [-0.05, 0) is 59.9 Å². The van der Waals surface area contributed by atoms with Gasteiger partial charge < -0.3 is 20.1 Å². The Balaban J connectivity index is 1.45. The number of nitrogens with two attached hydrogens (primary N) is 1. The number of methoxy groups -OCH3 is 2. The number of aromatic nitrogens is 5. The molecule has 0 atom stereocenters. The van der Waals surface area contributed by atoms with E-state index in [0.717, 1.165) is 30.6 Å². The van der Waals surface area contributed by atoms with Crippen molar-refractivity contribution in [2.75, 3.05) is 31.4 Å². The van der Waals surface area contributed by atoms with Crippen LogP contribution in [0.15, 0.2) is 52.2 Å². The standard InChI is InChI=1S/C25H27N9O4/c1-15(17-10-11-20(36-2)21(13-17)37-3)27-29-25(35)22-19(34(32-28-22)24-23(26)30-38-31-24)14-33-12-6-8-16-7-4-5-9-18(16)33/h4-5,7,9-11,13H,6,8,12,14H2,1-3H3,(H2,26,30)(H,29,35)/b27-15-. The number of para-hydroxylation sites is 1. The second-order valence-corrected chi connectivity index (χ2v) is 8.63. The molecule has 1 aliphatic rings. The number of carbonyl (C=O) groups is 1. The van der Waals surface area contributed by atoms with Crippen molar-refractivity contribution in [1.82, 2.24) is 30.7 Å². The van der Waals surface area contributed by atoms with Gasteiger partial charge in [0.15, 0.2) is 17.2 Å². The van der Waals surface area contributed by atoms with E-state index >= 15 is 0 Å². The third-order valence-electron chi connectivity index (χ3n) is 6.35. The Bertz CT molecular complexity index is 1490. The highest BCUT2D eigenvalue weighted by molar-refractivity contribution is 6.01. The Labute approximate surface area is 218 Å². The Hall–Kier alpha value is -4.94. The molecule has 3 N–H and O–H groups in total. The number of rotatable bonds is 8. The average molecular weight is 518 g/mol. The fraction of sp³-hybridized carbons (Fsp3) is 0.280. The summed E-state index contributed by atoms with van der Waals surface area (Å²) in [6.45, 7) is 2.90. The lowest BCUT2D eigenvalue weighted by molar-refractivity contribution is 0.0948. The van der Waals surface area contributed by atoms with Crippen molar-refractivity contribution >= 4 is 23.1 Å². The van der Waals surface area contributed by atoms with E-state index in [2.05, 4.69) is 48.2 Å². The quantitative estimate of drug-likeness (QED) is 0.262. The van der Waals surface area contributed by atoms with Crippen molar-refractivity contribution in [2.45, 2.75) is 26.3 Å². The number of hydrazone groups is 1. The Morgan fingerprint density at radius 3 is 2.74 bits per heavy atom. The van der Waals surface area contributed by atoms with Crippen molar-refractivity contribution in [3.63, 3.8) is 0 Å². The summed E-state index contributed by atoms with van der Waals surface area (Å²) >= 11 is 0. The van der Waals surface area contributed by atoms with E-state index < -0.39 is 5.91 Å². The molecule has 0 saturated carbocycles. The normalized spacial score (nSPS) is 13.2. The summed E-state index contributed by atoms with van der Waals surface area (Å²) in [4.78, 5) is 15.5. The van der Waals surface area contributed by atoms with E-state index in [1.807, 2.05) is 18.2 Å². The highest BCUT2D eigenvalue weighted by atomic mass is 16.6. The monoisotopic (exact) mass is 517 g/mol. The molecular formula is C25H27N9O4. The molecule has 0 aliphatic carbocycles. The fourth-order valence-corrected chi connectivity index (χ4v) is 4.40. The Morgan fingerprint density at radius 2 is 1.97 bits per heavy atom. The highest BCUT2D eigenvalue weighted by Crippen LogP contribution is 2.30. The largest absolute Gasteiger partial charge is 0.493 e. The number of amides is 1. The van der Waals surface area contributed by atoms with Crippen LogP contribution in [0.4, 0.5) is 11.5 Å². The first-order valence-electron chi connectivity index (χ1n) is 11.9. The topological polar surface area (TPSA) is 159 Å². The molecule has 0 fully saturated rings. The zero-order valence-corrected chi connectivity index (χ0v) is 21.2. The molecule has 0 unspecified atom stereocenters. The molecule has 0 spiro atoms. The van der Waals surface area contributed by atoms with E-state index in [4.69, 9.17) is 19.8 Å². The van der Waals surface area contributed by atoms with E-state index in [1.54, 1.807) is 33.3 Å². The van der Waals surface area contributed by atoms with Gasteiger partial charge in [0, 0.05) is 17.8 Å². The number of nitrogen functional groups attached to an aromatic ring is 1. The molecule has 2 aromatic carbocycles. The van der Waals surface area contributed by atoms with Crippen LogP contribution < -0.4 is 25.5 Å². The fourth-order valence-electron chi connectivity index (χ4n) is 4.40. The van der Waals surface area contributed by atoms with Gasteiger partial charge in [0.1, 0.15) is 0 Å². The maximum atomic E-state index is 13.3. The lowest BCUT2D eigenvalue weighted by Crippen LogP contribution is -2.31. The minimum absolute atomic E-state index is 0.0319. The van der Waals surface area contributed by atoms with Gasteiger partial charge in [0.2, 0.25) is 11.6 Å². The zero-order valence-electron chi connectivity index (χ0n) is 21.2. The Morgan fingerprint density at radius 1 is 1.16 bits per heavy atom. The van der Waals surface area contributed by atoms with Gasteiger partial charge in [-0.2, -0.15) is 9.78 Å². The van der Waals surface area contributed by atoms with Crippen LogP contribution in [0.5, 0.6) is 11.5 Å². The zero-order chi connectivity index (χ0) is 26.6. The summed E-state index contributed by atoms with van der Waals surface area (Å²) in [5.74, 6) is 0.796. The van der Waals surface area contributed by atoms with E-state index in [-0.39, 0.29) is 17.3 Å². The van der Waals surface area contributed by atoms with Gasteiger partial charge in [-0.3, -0.25) is 4.79 Å². The first-order chi connectivity index (χ1) is 18.5. The van der Waals surface area contributed by atoms with E-state index in [1.165, 1.54) is 10.2 Å². The number of carbonyl (C=O) groups excluding carboxylic acids is 1. The lowest BCUT2D eigenvalue weighted by Gasteiger charge is -2.31. The van der Waals surface area contributed by atoms with Crippen molar-refractivity contribution in [1.29, 1.82) is 0 Å². The van der Waals surface area contributed by atoms with Crippen molar-refractivity contribution in [3.8, 4) is 17.3 Å². The number of nitrogens with zero attached hydrogens (tertiary/aromatic N) is 7. The van der Waals surface area contributed by atoms with Crippen molar-refractivity contribution in [2.24, 2.45) is 5.10 Å².